The molecule has 0 aliphatic heterocycles. The van der Waals surface area contributed by atoms with E-state index in [-0.39, 0.29) is 0 Å². The third-order valence-corrected chi connectivity index (χ3v) is 2.72. The van der Waals surface area contributed by atoms with Crippen molar-refractivity contribution >= 4 is 21.6 Å². The van der Waals surface area contributed by atoms with E-state index in [1.165, 1.54) is 22.5 Å². The van der Waals surface area contributed by atoms with E-state index in [1.807, 2.05) is 0 Å². The summed E-state index contributed by atoms with van der Waals surface area (Å²) in [7, 11) is 0. The van der Waals surface area contributed by atoms with Crippen molar-refractivity contribution in [2.45, 2.75) is 13.5 Å². The summed E-state index contributed by atoms with van der Waals surface area (Å²) in [6.45, 7) is 2.82. The molecule has 1 aromatic heterocycles. The normalized spacial score (nSPS) is 10.2. The van der Waals surface area contributed by atoms with Crippen molar-refractivity contribution in [3.63, 3.8) is 0 Å². The third kappa shape index (κ3) is 2.66. The lowest BCUT2D eigenvalue weighted by Gasteiger charge is -2.02. The topological polar surface area (TPSA) is 63.8 Å². The van der Waals surface area contributed by atoms with Crippen molar-refractivity contribution in [1.29, 1.82) is 0 Å². The zero-order chi connectivity index (χ0) is 10.7. The molecule has 15 heavy (non-hydrogen) atoms. The molecule has 0 radical (unpaired) electrons. The van der Waals surface area contributed by atoms with Gasteiger partial charge in [-0.3, -0.25) is 0 Å². The minimum absolute atomic E-state index is 0.487. The molecule has 0 fully saturated rings. The van der Waals surface area contributed by atoms with Crippen LogP contribution in [0.3, 0.4) is 0 Å². The second kappa shape index (κ2) is 4.27. The first-order valence-electron chi connectivity index (χ1n) is 4.62. The molecule has 1 aromatic carbocycles. The maximum absolute atomic E-state index is 5.47. The Hall–Kier alpha value is -1.62. The fourth-order valence-corrected chi connectivity index (χ4v) is 1.70. The minimum atomic E-state index is 0.487. The Bertz CT molecular complexity index is 435. The summed E-state index contributed by atoms with van der Waals surface area (Å²) < 4.78 is 0. The zero-order valence-corrected chi connectivity index (χ0v) is 9.21. The fraction of sp³-hybridized carbons (Fsp3) is 0.200. The molecule has 0 bridgehead atoms. The van der Waals surface area contributed by atoms with Gasteiger partial charge in [0, 0.05) is 6.54 Å². The van der Waals surface area contributed by atoms with Gasteiger partial charge in [-0.2, -0.15) is 0 Å². The van der Waals surface area contributed by atoms with Crippen molar-refractivity contribution in [2.75, 3.05) is 11.1 Å². The summed E-state index contributed by atoms with van der Waals surface area (Å²) in [5.41, 5.74) is 7.95. The Kier molecular flexibility index (Phi) is 2.82. The van der Waals surface area contributed by atoms with Gasteiger partial charge in [0.1, 0.15) is 0 Å². The molecule has 2 rings (SSSR count). The average molecular weight is 220 g/mol. The summed E-state index contributed by atoms with van der Waals surface area (Å²) in [6, 6.07) is 8.36. The quantitative estimate of drug-likeness (QED) is 0.830. The first kappa shape index (κ1) is 9.92. The molecule has 0 saturated carbocycles. The van der Waals surface area contributed by atoms with Crippen LogP contribution in [0.2, 0.25) is 0 Å². The van der Waals surface area contributed by atoms with E-state index < -0.39 is 0 Å². The molecule has 78 valence electrons. The first-order chi connectivity index (χ1) is 7.24. The zero-order valence-electron chi connectivity index (χ0n) is 8.40. The van der Waals surface area contributed by atoms with Crippen LogP contribution in [0.4, 0.5) is 10.3 Å². The number of rotatable bonds is 3. The van der Waals surface area contributed by atoms with Gasteiger partial charge in [-0.05, 0) is 12.5 Å². The number of nitrogens with two attached hydrogens (primary N) is 1. The van der Waals surface area contributed by atoms with E-state index in [1.54, 1.807) is 0 Å². The molecule has 5 heteroatoms. The van der Waals surface area contributed by atoms with Crippen molar-refractivity contribution in [3.8, 4) is 0 Å². The van der Waals surface area contributed by atoms with Crippen LogP contribution in [0.15, 0.2) is 24.3 Å². The Morgan fingerprint density at radius 1 is 1.27 bits per heavy atom. The molecule has 0 aliphatic rings. The van der Waals surface area contributed by atoms with E-state index in [0.717, 1.165) is 11.7 Å². The number of nitrogen functional groups attached to an aromatic ring is 1. The molecule has 1 heterocycles. The lowest BCUT2D eigenvalue weighted by Crippen LogP contribution is -1.98. The van der Waals surface area contributed by atoms with E-state index in [9.17, 15) is 0 Å². The summed E-state index contributed by atoms with van der Waals surface area (Å²) in [5.74, 6) is 0. The van der Waals surface area contributed by atoms with Gasteiger partial charge in [0.15, 0.2) is 0 Å². The second-order valence-corrected chi connectivity index (χ2v) is 4.29. The van der Waals surface area contributed by atoms with E-state index >= 15 is 0 Å². The Labute approximate surface area is 92.2 Å². The van der Waals surface area contributed by atoms with Gasteiger partial charge in [0.25, 0.3) is 0 Å². The highest BCUT2D eigenvalue weighted by atomic mass is 32.1. The summed E-state index contributed by atoms with van der Waals surface area (Å²) in [4.78, 5) is 0. The smallest absolute Gasteiger partial charge is 0.207 e. The Morgan fingerprint density at radius 2 is 2.00 bits per heavy atom. The van der Waals surface area contributed by atoms with Crippen LogP contribution < -0.4 is 11.1 Å². The van der Waals surface area contributed by atoms with Gasteiger partial charge in [-0.25, -0.2) is 0 Å². The van der Waals surface area contributed by atoms with Crippen molar-refractivity contribution < 1.29 is 0 Å². The summed E-state index contributed by atoms with van der Waals surface area (Å²) >= 11 is 1.35. The molecular formula is C10H12N4S. The van der Waals surface area contributed by atoms with Crippen LogP contribution in [-0.4, -0.2) is 10.2 Å². The number of hydrogen-bond acceptors (Lipinski definition) is 5. The predicted octanol–water partition coefficient (Wildman–Crippen LogP) is 2.04. The number of aromatic nitrogens is 2. The number of anilines is 2. The molecule has 0 atom stereocenters. The van der Waals surface area contributed by atoms with Crippen LogP contribution in [-0.2, 0) is 6.54 Å². The number of hydrogen-bond donors (Lipinski definition) is 2. The van der Waals surface area contributed by atoms with Gasteiger partial charge in [0.2, 0.25) is 10.3 Å². The molecule has 0 saturated heterocycles. The minimum Gasteiger partial charge on any atom is -0.374 e. The van der Waals surface area contributed by atoms with Crippen LogP contribution in [0, 0.1) is 6.92 Å². The van der Waals surface area contributed by atoms with Gasteiger partial charge >= 0.3 is 0 Å². The van der Waals surface area contributed by atoms with Crippen LogP contribution in [0.25, 0.3) is 0 Å². The number of nitrogens with zero attached hydrogens (tertiary/aromatic N) is 2. The number of nitrogens with one attached hydrogen (secondary N) is 1. The van der Waals surface area contributed by atoms with Crippen LogP contribution >= 0.6 is 11.3 Å². The molecule has 4 nitrogen and oxygen atoms in total. The van der Waals surface area contributed by atoms with Crippen LogP contribution in [0.5, 0.6) is 0 Å². The highest BCUT2D eigenvalue weighted by Gasteiger charge is 1.99. The molecule has 3 N–H and O–H groups in total. The molecule has 2 aromatic rings. The molecule has 0 spiro atoms. The largest absolute Gasteiger partial charge is 0.374 e. The molecule has 0 amide bonds. The Morgan fingerprint density at radius 3 is 2.60 bits per heavy atom. The van der Waals surface area contributed by atoms with Gasteiger partial charge < -0.3 is 11.1 Å². The average Bonchev–Trinajstić information content (AvgIpc) is 2.64. The highest BCUT2D eigenvalue weighted by molar-refractivity contribution is 7.18. The molecule has 0 unspecified atom stereocenters. The molecular weight excluding hydrogens is 208 g/mol. The highest BCUT2D eigenvalue weighted by Crippen LogP contribution is 2.17. The van der Waals surface area contributed by atoms with E-state index in [0.29, 0.717) is 5.13 Å². The first-order valence-corrected chi connectivity index (χ1v) is 5.44. The number of benzene rings is 1. The van der Waals surface area contributed by atoms with Crippen molar-refractivity contribution in [1.82, 2.24) is 10.2 Å². The second-order valence-electron chi connectivity index (χ2n) is 3.28. The lowest BCUT2D eigenvalue weighted by atomic mass is 10.1. The van der Waals surface area contributed by atoms with Crippen molar-refractivity contribution in [3.05, 3.63) is 35.4 Å². The summed E-state index contributed by atoms with van der Waals surface area (Å²) in [6.07, 6.45) is 0. The number of aryl methyl sites for hydroxylation is 1. The predicted molar refractivity (Wildman–Crippen MR) is 62.8 cm³/mol. The van der Waals surface area contributed by atoms with Gasteiger partial charge in [-0.15, -0.1) is 10.2 Å². The maximum Gasteiger partial charge on any atom is 0.207 e. The SMILES string of the molecule is Cc1ccc(CNc2nnc(N)s2)cc1. The maximum atomic E-state index is 5.47. The fourth-order valence-electron chi connectivity index (χ4n) is 1.19. The standard InChI is InChI=1S/C10H12N4S/c1-7-2-4-8(5-3-7)6-12-10-14-13-9(11)15-10/h2-5H,6H2,1H3,(H2,11,13)(H,12,14). The van der Waals surface area contributed by atoms with Gasteiger partial charge in [-0.1, -0.05) is 41.2 Å². The van der Waals surface area contributed by atoms with Gasteiger partial charge in [0.05, 0.1) is 0 Å². The molecule has 0 aliphatic carbocycles. The lowest BCUT2D eigenvalue weighted by molar-refractivity contribution is 1.05. The summed E-state index contributed by atoms with van der Waals surface area (Å²) in [5, 5.41) is 12.0. The van der Waals surface area contributed by atoms with E-state index in [2.05, 4.69) is 46.7 Å². The van der Waals surface area contributed by atoms with Crippen molar-refractivity contribution in [2.24, 2.45) is 0 Å². The Balaban J connectivity index is 1.96. The van der Waals surface area contributed by atoms with Crippen LogP contribution in [0.1, 0.15) is 11.1 Å². The van der Waals surface area contributed by atoms with E-state index in [4.69, 9.17) is 5.73 Å². The third-order valence-electron chi connectivity index (χ3n) is 2.00. The monoisotopic (exact) mass is 220 g/mol.